The Bertz CT molecular complexity index is 532. The fraction of sp³-hybridized carbons (Fsp3) is 0.429. The molecule has 128 valence electrons. The molecule has 2 amide bonds. The number of alkyl halides is 3. The molecule has 3 N–H and O–H groups in total. The Kier molecular flexibility index (Phi) is 6.83. The van der Waals surface area contributed by atoms with E-state index in [0.29, 0.717) is 5.56 Å². The molecule has 1 atom stereocenters. The van der Waals surface area contributed by atoms with Crippen molar-refractivity contribution in [2.45, 2.75) is 32.3 Å². The molecule has 0 saturated carbocycles. The molecule has 1 aromatic carbocycles. The number of aliphatic hydroxyl groups is 1. The molecule has 6 nitrogen and oxygen atoms in total. The van der Waals surface area contributed by atoms with Crippen molar-refractivity contribution in [2.75, 3.05) is 6.61 Å². The minimum Gasteiger partial charge on any atom is -0.406 e. The van der Waals surface area contributed by atoms with Gasteiger partial charge in [0, 0.05) is 20.1 Å². The van der Waals surface area contributed by atoms with Crippen molar-refractivity contribution >= 4 is 11.8 Å². The van der Waals surface area contributed by atoms with Crippen LogP contribution in [0.1, 0.15) is 18.9 Å². The van der Waals surface area contributed by atoms with Crippen LogP contribution in [-0.2, 0) is 16.1 Å². The Morgan fingerprint density at radius 2 is 1.87 bits per heavy atom. The maximum atomic E-state index is 12.0. The number of ether oxygens (including phenoxy) is 1. The normalized spacial score (nSPS) is 12.4. The van der Waals surface area contributed by atoms with E-state index in [1.54, 1.807) is 0 Å². The molecular weight excluding hydrogens is 317 g/mol. The molecule has 1 rings (SSSR count). The molecule has 1 aromatic rings. The quantitative estimate of drug-likeness (QED) is 0.696. The highest BCUT2D eigenvalue weighted by molar-refractivity contribution is 5.86. The maximum absolute atomic E-state index is 12.0. The van der Waals surface area contributed by atoms with E-state index in [1.165, 1.54) is 19.1 Å². The Morgan fingerprint density at radius 1 is 1.26 bits per heavy atom. The van der Waals surface area contributed by atoms with Gasteiger partial charge in [0.15, 0.2) is 0 Å². The average molecular weight is 334 g/mol. The second kappa shape index (κ2) is 8.37. The highest BCUT2D eigenvalue weighted by Crippen LogP contribution is 2.22. The van der Waals surface area contributed by atoms with E-state index < -0.39 is 24.2 Å². The van der Waals surface area contributed by atoms with E-state index in [2.05, 4.69) is 15.4 Å². The zero-order valence-corrected chi connectivity index (χ0v) is 12.3. The largest absolute Gasteiger partial charge is 0.573 e. The fourth-order valence-corrected chi connectivity index (χ4v) is 1.76. The summed E-state index contributed by atoms with van der Waals surface area (Å²) in [6, 6.07) is 4.15. The molecule has 0 saturated heterocycles. The molecule has 0 aromatic heterocycles. The molecule has 0 aliphatic carbocycles. The third kappa shape index (κ3) is 7.50. The molecule has 0 heterocycles. The second-order valence-electron chi connectivity index (χ2n) is 4.67. The summed E-state index contributed by atoms with van der Waals surface area (Å²) >= 11 is 0. The van der Waals surface area contributed by atoms with Gasteiger partial charge in [0.1, 0.15) is 11.8 Å². The number of nitrogens with one attached hydrogen (secondary N) is 2. The standard InChI is InChI=1S/C14H17F3N2O4/c1-9(21)19-12(6-7-20)13(22)18-8-10-2-4-11(5-3-10)23-14(15,16)17/h2-5,12,20H,6-8H2,1H3,(H,18,22)(H,19,21). The highest BCUT2D eigenvalue weighted by Gasteiger charge is 2.30. The lowest BCUT2D eigenvalue weighted by atomic mass is 10.1. The average Bonchev–Trinajstić information content (AvgIpc) is 2.43. The molecule has 0 fully saturated rings. The minimum atomic E-state index is -4.76. The molecule has 0 aliphatic rings. The van der Waals surface area contributed by atoms with Gasteiger partial charge in [-0.1, -0.05) is 12.1 Å². The van der Waals surface area contributed by atoms with Gasteiger partial charge in [-0.05, 0) is 24.1 Å². The second-order valence-corrected chi connectivity index (χ2v) is 4.67. The minimum absolute atomic E-state index is 0.0593. The number of aliphatic hydroxyl groups excluding tert-OH is 1. The van der Waals surface area contributed by atoms with Crippen LogP contribution in [0.25, 0.3) is 0 Å². The van der Waals surface area contributed by atoms with Crippen molar-refractivity contribution < 1.29 is 32.6 Å². The van der Waals surface area contributed by atoms with Crippen LogP contribution >= 0.6 is 0 Å². The number of halogens is 3. The SMILES string of the molecule is CC(=O)NC(CCO)C(=O)NCc1ccc(OC(F)(F)F)cc1. The maximum Gasteiger partial charge on any atom is 0.573 e. The summed E-state index contributed by atoms with van der Waals surface area (Å²) in [7, 11) is 0. The summed E-state index contributed by atoms with van der Waals surface area (Å²) in [4.78, 5) is 22.9. The monoisotopic (exact) mass is 334 g/mol. The van der Waals surface area contributed by atoms with Crippen LogP contribution in [0.3, 0.4) is 0 Å². The zero-order chi connectivity index (χ0) is 17.5. The van der Waals surface area contributed by atoms with Gasteiger partial charge in [-0.3, -0.25) is 9.59 Å². The van der Waals surface area contributed by atoms with Crippen LogP contribution in [0.5, 0.6) is 5.75 Å². The third-order valence-corrected chi connectivity index (χ3v) is 2.74. The molecule has 0 aliphatic heterocycles. The molecule has 23 heavy (non-hydrogen) atoms. The Balaban J connectivity index is 2.56. The lowest BCUT2D eigenvalue weighted by Gasteiger charge is -2.16. The zero-order valence-electron chi connectivity index (χ0n) is 12.3. The Morgan fingerprint density at radius 3 is 2.35 bits per heavy atom. The number of carbonyl (C=O) groups excluding carboxylic acids is 2. The van der Waals surface area contributed by atoms with Crippen LogP contribution in [0.15, 0.2) is 24.3 Å². The fourth-order valence-electron chi connectivity index (χ4n) is 1.76. The first-order valence-electron chi connectivity index (χ1n) is 6.71. The third-order valence-electron chi connectivity index (χ3n) is 2.74. The van der Waals surface area contributed by atoms with Gasteiger partial charge < -0.3 is 20.5 Å². The van der Waals surface area contributed by atoms with Crippen LogP contribution in [-0.4, -0.2) is 35.9 Å². The first-order valence-corrected chi connectivity index (χ1v) is 6.71. The van der Waals surface area contributed by atoms with Crippen molar-refractivity contribution in [3.8, 4) is 5.75 Å². The summed E-state index contributed by atoms with van der Waals surface area (Å²) in [6.07, 6.45) is -4.70. The molecule has 0 bridgehead atoms. The lowest BCUT2D eigenvalue weighted by molar-refractivity contribution is -0.274. The first-order chi connectivity index (χ1) is 10.7. The van der Waals surface area contributed by atoms with Gasteiger partial charge in [0.2, 0.25) is 11.8 Å². The summed E-state index contributed by atoms with van der Waals surface area (Å²) in [5.41, 5.74) is 0.554. The van der Waals surface area contributed by atoms with Gasteiger partial charge in [-0.15, -0.1) is 13.2 Å². The lowest BCUT2D eigenvalue weighted by Crippen LogP contribution is -2.46. The molecular formula is C14H17F3N2O4. The predicted molar refractivity (Wildman–Crippen MR) is 74.3 cm³/mol. The van der Waals surface area contributed by atoms with Crippen molar-refractivity contribution in [1.29, 1.82) is 0 Å². The number of amides is 2. The van der Waals surface area contributed by atoms with Crippen LogP contribution in [0.2, 0.25) is 0 Å². The van der Waals surface area contributed by atoms with Crippen LogP contribution in [0, 0.1) is 0 Å². The number of hydrogen-bond acceptors (Lipinski definition) is 4. The smallest absolute Gasteiger partial charge is 0.406 e. The summed E-state index contributed by atoms with van der Waals surface area (Å²) in [5, 5.41) is 13.8. The number of hydrogen-bond donors (Lipinski definition) is 3. The van der Waals surface area contributed by atoms with Crippen molar-refractivity contribution in [2.24, 2.45) is 0 Å². The van der Waals surface area contributed by atoms with E-state index in [4.69, 9.17) is 5.11 Å². The van der Waals surface area contributed by atoms with E-state index in [0.717, 1.165) is 12.1 Å². The predicted octanol–water partition coefficient (Wildman–Crippen LogP) is 1.09. The summed E-state index contributed by atoms with van der Waals surface area (Å²) < 4.78 is 39.8. The molecule has 1 unspecified atom stereocenters. The number of rotatable bonds is 7. The van der Waals surface area contributed by atoms with Gasteiger partial charge in [0.05, 0.1) is 0 Å². The summed E-state index contributed by atoms with van der Waals surface area (Å²) in [5.74, 6) is -1.26. The van der Waals surface area contributed by atoms with Gasteiger partial charge in [0.25, 0.3) is 0 Å². The van der Waals surface area contributed by atoms with Crippen molar-refractivity contribution in [3.05, 3.63) is 29.8 Å². The van der Waals surface area contributed by atoms with E-state index in [1.807, 2.05) is 0 Å². The topological polar surface area (TPSA) is 87.7 Å². The summed E-state index contributed by atoms with van der Waals surface area (Å²) in [6.45, 7) is 1.03. The van der Waals surface area contributed by atoms with Gasteiger partial charge >= 0.3 is 6.36 Å². The Labute approximate surface area is 130 Å². The molecule has 9 heteroatoms. The van der Waals surface area contributed by atoms with Crippen LogP contribution < -0.4 is 15.4 Å². The van der Waals surface area contributed by atoms with E-state index in [-0.39, 0.29) is 25.3 Å². The van der Waals surface area contributed by atoms with Crippen LogP contribution in [0.4, 0.5) is 13.2 Å². The number of carbonyl (C=O) groups is 2. The molecule has 0 spiro atoms. The van der Waals surface area contributed by atoms with Crippen molar-refractivity contribution in [1.82, 2.24) is 10.6 Å². The number of benzene rings is 1. The Hall–Kier alpha value is -2.29. The van der Waals surface area contributed by atoms with Gasteiger partial charge in [-0.2, -0.15) is 0 Å². The van der Waals surface area contributed by atoms with E-state index >= 15 is 0 Å². The molecule has 0 radical (unpaired) electrons. The van der Waals surface area contributed by atoms with E-state index in [9.17, 15) is 22.8 Å². The first kappa shape index (κ1) is 18.8. The van der Waals surface area contributed by atoms with Crippen molar-refractivity contribution in [3.63, 3.8) is 0 Å². The van der Waals surface area contributed by atoms with Gasteiger partial charge in [-0.25, -0.2) is 0 Å². The highest BCUT2D eigenvalue weighted by atomic mass is 19.4.